The van der Waals surface area contributed by atoms with Crippen molar-refractivity contribution in [2.24, 2.45) is 0 Å². The summed E-state index contributed by atoms with van der Waals surface area (Å²) < 4.78 is 11.4. The van der Waals surface area contributed by atoms with Crippen LogP contribution in [0.1, 0.15) is 36.2 Å². The van der Waals surface area contributed by atoms with E-state index in [2.05, 4.69) is 10.6 Å². The summed E-state index contributed by atoms with van der Waals surface area (Å²) in [6.45, 7) is 4.42. The van der Waals surface area contributed by atoms with Gasteiger partial charge in [-0.2, -0.15) is 0 Å². The van der Waals surface area contributed by atoms with Crippen molar-refractivity contribution in [1.29, 1.82) is 0 Å². The first-order valence-electron chi connectivity index (χ1n) is 9.66. The third-order valence-electron chi connectivity index (χ3n) is 4.55. The number of hydrogen-bond donors (Lipinski definition) is 2. The highest BCUT2D eigenvalue weighted by Crippen LogP contribution is 2.38. The maximum Gasteiger partial charge on any atom is 0.269 e. The lowest BCUT2D eigenvalue weighted by molar-refractivity contribution is -0.384. The van der Waals surface area contributed by atoms with Gasteiger partial charge in [-0.05, 0) is 32.0 Å². The van der Waals surface area contributed by atoms with E-state index in [0.29, 0.717) is 18.0 Å². The van der Waals surface area contributed by atoms with E-state index in [9.17, 15) is 19.7 Å². The number of nitrogens with one attached hydrogen (secondary N) is 2. The highest BCUT2D eigenvalue weighted by atomic mass is 16.6. The maximum atomic E-state index is 12.3. The van der Waals surface area contributed by atoms with Crippen LogP contribution in [0.4, 0.5) is 11.4 Å². The van der Waals surface area contributed by atoms with Crippen molar-refractivity contribution >= 4 is 23.2 Å². The molecule has 30 heavy (non-hydrogen) atoms. The number of nitro groups is 1. The van der Waals surface area contributed by atoms with E-state index in [0.717, 1.165) is 17.7 Å². The van der Waals surface area contributed by atoms with Crippen LogP contribution < -0.4 is 20.1 Å². The number of non-ortho nitro benzene ring substituents is 1. The van der Waals surface area contributed by atoms with Crippen LogP contribution in [-0.2, 0) is 11.2 Å². The third kappa shape index (κ3) is 5.05. The van der Waals surface area contributed by atoms with Crippen LogP contribution in [0.3, 0.4) is 0 Å². The van der Waals surface area contributed by atoms with Gasteiger partial charge >= 0.3 is 0 Å². The minimum Gasteiger partial charge on any atom is -0.492 e. The van der Waals surface area contributed by atoms with Crippen molar-refractivity contribution in [3.05, 3.63) is 57.6 Å². The molecule has 0 spiro atoms. The molecule has 1 atom stereocenters. The number of ether oxygens (including phenoxy) is 2. The van der Waals surface area contributed by atoms with Gasteiger partial charge in [0.2, 0.25) is 5.91 Å². The van der Waals surface area contributed by atoms with Gasteiger partial charge < -0.3 is 20.1 Å². The van der Waals surface area contributed by atoms with E-state index in [1.54, 1.807) is 6.07 Å². The minimum atomic E-state index is -0.535. The lowest BCUT2D eigenvalue weighted by Gasteiger charge is -2.14. The summed E-state index contributed by atoms with van der Waals surface area (Å²) in [4.78, 5) is 34.6. The van der Waals surface area contributed by atoms with E-state index in [1.165, 1.54) is 24.3 Å². The summed E-state index contributed by atoms with van der Waals surface area (Å²) in [5.41, 5.74) is 1.75. The molecule has 0 aromatic heterocycles. The molecule has 0 aliphatic carbocycles. The van der Waals surface area contributed by atoms with Crippen LogP contribution in [0.25, 0.3) is 0 Å². The van der Waals surface area contributed by atoms with Gasteiger partial charge in [0.05, 0.1) is 17.2 Å². The van der Waals surface area contributed by atoms with Crippen molar-refractivity contribution in [2.45, 2.75) is 32.8 Å². The topological polar surface area (TPSA) is 120 Å². The van der Waals surface area contributed by atoms with E-state index in [4.69, 9.17) is 9.47 Å². The number of carbonyl (C=O) groups excluding carboxylic acids is 2. The Kier molecular flexibility index (Phi) is 6.51. The van der Waals surface area contributed by atoms with Crippen molar-refractivity contribution in [3.63, 3.8) is 0 Å². The third-order valence-corrected chi connectivity index (χ3v) is 4.55. The predicted molar refractivity (Wildman–Crippen MR) is 110 cm³/mol. The Bertz CT molecular complexity index is 958. The number of nitro benzene ring substituents is 1. The van der Waals surface area contributed by atoms with E-state index in [-0.39, 0.29) is 36.2 Å². The standard InChI is InChI=1S/C21H23N3O6/c1-3-29-19-11-15-10-13(2)30-18(15)12-17(19)23-20(25)8-9-22-21(26)14-4-6-16(7-5-14)24(27)28/h4-7,11-13H,3,8-10H2,1-2H3,(H,22,26)(H,23,25). The molecule has 9 nitrogen and oxygen atoms in total. The Morgan fingerprint density at radius 1 is 1.27 bits per heavy atom. The van der Waals surface area contributed by atoms with Gasteiger partial charge in [0.25, 0.3) is 11.6 Å². The molecule has 1 aliphatic rings. The maximum absolute atomic E-state index is 12.3. The fraction of sp³-hybridized carbons (Fsp3) is 0.333. The van der Waals surface area contributed by atoms with E-state index >= 15 is 0 Å². The number of fused-ring (bicyclic) bond motifs is 1. The fourth-order valence-corrected chi connectivity index (χ4v) is 3.15. The van der Waals surface area contributed by atoms with Gasteiger partial charge in [-0.1, -0.05) is 0 Å². The van der Waals surface area contributed by atoms with E-state index < -0.39 is 10.8 Å². The summed E-state index contributed by atoms with van der Waals surface area (Å²) in [6, 6.07) is 8.90. The quantitative estimate of drug-likeness (QED) is 0.507. The first kappa shape index (κ1) is 21.1. The van der Waals surface area contributed by atoms with Crippen LogP contribution in [0.15, 0.2) is 36.4 Å². The highest BCUT2D eigenvalue weighted by molar-refractivity contribution is 5.96. The second kappa shape index (κ2) is 9.25. The van der Waals surface area contributed by atoms with Gasteiger partial charge in [-0.25, -0.2) is 0 Å². The number of benzene rings is 2. The van der Waals surface area contributed by atoms with E-state index in [1.807, 2.05) is 19.9 Å². The van der Waals surface area contributed by atoms with Crippen LogP contribution in [-0.4, -0.2) is 36.0 Å². The van der Waals surface area contributed by atoms with Gasteiger partial charge in [0.1, 0.15) is 17.6 Å². The number of amides is 2. The number of carbonyl (C=O) groups is 2. The van der Waals surface area contributed by atoms with Gasteiger partial charge in [0.15, 0.2) is 0 Å². The summed E-state index contributed by atoms with van der Waals surface area (Å²) in [5, 5.41) is 16.1. The summed E-state index contributed by atoms with van der Waals surface area (Å²) >= 11 is 0. The predicted octanol–water partition coefficient (Wildman–Crippen LogP) is 3.08. The van der Waals surface area contributed by atoms with Crippen molar-refractivity contribution < 1.29 is 24.0 Å². The number of nitrogens with zero attached hydrogens (tertiary/aromatic N) is 1. The van der Waals surface area contributed by atoms with Crippen molar-refractivity contribution in [2.75, 3.05) is 18.5 Å². The lowest BCUT2D eigenvalue weighted by Crippen LogP contribution is -2.27. The summed E-state index contributed by atoms with van der Waals surface area (Å²) in [7, 11) is 0. The molecule has 0 bridgehead atoms. The average molecular weight is 413 g/mol. The molecule has 0 radical (unpaired) electrons. The second-order valence-corrected chi connectivity index (χ2v) is 6.88. The summed E-state index contributed by atoms with van der Waals surface area (Å²) in [5.74, 6) is 0.614. The molecule has 9 heteroatoms. The molecule has 0 saturated heterocycles. The smallest absolute Gasteiger partial charge is 0.269 e. The lowest BCUT2D eigenvalue weighted by atomic mass is 10.1. The Labute approximate surface area is 173 Å². The van der Waals surface area contributed by atoms with Gasteiger partial charge in [-0.3, -0.25) is 19.7 Å². The zero-order chi connectivity index (χ0) is 21.7. The molecule has 2 aromatic carbocycles. The Hall–Kier alpha value is -3.62. The first-order chi connectivity index (χ1) is 14.4. The second-order valence-electron chi connectivity index (χ2n) is 6.88. The molecule has 1 aliphatic heterocycles. The van der Waals surface area contributed by atoms with Gasteiger partial charge in [0, 0.05) is 48.7 Å². The molecule has 1 heterocycles. The molecule has 2 N–H and O–H groups in total. The Morgan fingerprint density at radius 3 is 2.67 bits per heavy atom. The number of anilines is 1. The van der Waals surface area contributed by atoms with Crippen LogP contribution in [0.5, 0.6) is 11.5 Å². The average Bonchev–Trinajstić information content (AvgIpc) is 3.07. The summed E-state index contributed by atoms with van der Waals surface area (Å²) in [6.07, 6.45) is 0.923. The zero-order valence-corrected chi connectivity index (χ0v) is 16.8. The monoisotopic (exact) mass is 413 g/mol. The molecule has 2 amide bonds. The molecule has 0 saturated carbocycles. The number of hydrogen-bond acceptors (Lipinski definition) is 6. The van der Waals surface area contributed by atoms with Crippen molar-refractivity contribution in [3.8, 4) is 11.5 Å². The van der Waals surface area contributed by atoms with Crippen LogP contribution >= 0.6 is 0 Å². The van der Waals surface area contributed by atoms with Gasteiger partial charge in [-0.15, -0.1) is 0 Å². The molecule has 158 valence electrons. The Balaban J connectivity index is 1.55. The molecule has 2 aromatic rings. The van der Waals surface area contributed by atoms with Crippen molar-refractivity contribution in [1.82, 2.24) is 5.32 Å². The molecular weight excluding hydrogens is 390 g/mol. The molecule has 1 unspecified atom stereocenters. The fourth-order valence-electron chi connectivity index (χ4n) is 3.15. The highest BCUT2D eigenvalue weighted by Gasteiger charge is 2.22. The Morgan fingerprint density at radius 2 is 2.00 bits per heavy atom. The van der Waals surface area contributed by atoms with Crippen LogP contribution in [0.2, 0.25) is 0 Å². The normalized spacial score (nSPS) is 14.4. The molecular formula is C21H23N3O6. The largest absolute Gasteiger partial charge is 0.492 e. The first-order valence-corrected chi connectivity index (χ1v) is 9.66. The zero-order valence-electron chi connectivity index (χ0n) is 16.8. The minimum absolute atomic E-state index is 0.0542. The molecule has 0 fully saturated rings. The molecule has 3 rings (SSSR count). The van der Waals surface area contributed by atoms with Crippen LogP contribution in [0, 0.1) is 10.1 Å². The number of rotatable bonds is 8. The SMILES string of the molecule is CCOc1cc2c(cc1NC(=O)CCNC(=O)c1ccc([N+](=O)[O-])cc1)OC(C)C2.